The molecule has 4 aromatic carbocycles. The number of benzene rings is 4. The Morgan fingerprint density at radius 1 is 0.754 bits per heavy atom. The van der Waals surface area contributed by atoms with E-state index < -0.39 is 26.9 Å². The molecule has 61 heavy (non-hydrogen) atoms. The summed E-state index contributed by atoms with van der Waals surface area (Å²) in [4.78, 5) is 13.5. The van der Waals surface area contributed by atoms with Crippen LogP contribution < -0.4 is 4.90 Å². The summed E-state index contributed by atoms with van der Waals surface area (Å²) in [6.45, 7) is 11.9. The Bertz CT molecular complexity index is 2390. The average molecular weight is 858 g/mol. The summed E-state index contributed by atoms with van der Waals surface area (Å²) < 4.78 is 65.5. The van der Waals surface area contributed by atoms with Crippen LogP contribution in [0.25, 0.3) is 21.5 Å². The van der Waals surface area contributed by atoms with E-state index >= 15 is 0 Å². The zero-order chi connectivity index (χ0) is 43.6. The van der Waals surface area contributed by atoms with Crippen molar-refractivity contribution in [2.45, 2.75) is 68.6 Å². The molecule has 0 aliphatic carbocycles. The van der Waals surface area contributed by atoms with Gasteiger partial charge in [0.2, 0.25) is 5.69 Å². The molecule has 2 aliphatic rings. The number of aliphatic carboxylic acids is 1. The molecule has 13 heteroatoms. The summed E-state index contributed by atoms with van der Waals surface area (Å²) in [7, 11) is -1.10. The summed E-state index contributed by atoms with van der Waals surface area (Å²) in [5, 5.41) is 12.8. The second-order valence-electron chi connectivity index (χ2n) is 16.3. The summed E-state index contributed by atoms with van der Waals surface area (Å²) in [5.41, 5.74) is 5.47. The minimum Gasteiger partial charge on any atom is -0.481 e. The van der Waals surface area contributed by atoms with Crippen molar-refractivity contribution in [3.63, 3.8) is 0 Å². The Morgan fingerprint density at radius 3 is 2.15 bits per heavy atom. The van der Waals surface area contributed by atoms with Crippen LogP contribution in [0.4, 0.5) is 11.4 Å². The highest BCUT2D eigenvalue weighted by Gasteiger charge is 2.47. The zero-order valence-corrected chi connectivity index (χ0v) is 37.0. The quantitative estimate of drug-likeness (QED) is 0.0400. The van der Waals surface area contributed by atoms with Crippen LogP contribution in [0.15, 0.2) is 95.6 Å². The first-order valence-corrected chi connectivity index (χ1v) is 22.6. The number of rotatable bonds is 24. The average Bonchev–Trinajstić information content (AvgIpc) is 3.60. The van der Waals surface area contributed by atoms with Gasteiger partial charge < -0.3 is 33.7 Å². The molecule has 0 bridgehead atoms. The fourth-order valence-electron chi connectivity index (χ4n) is 9.04. The number of hydrogen-bond donors (Lipinski definition) is 2. The Labute approximate surface area is 360 Å². The minimum absolute atomic E-state index is 0.120. The van der Waals surface area contributed by atoms with Gasteiger partial charge in [-0.15, -0.1) is 0 Å². The van der Waals surface area contributed by atoms with Gasteiger partial charge in [0.05, 0.1) is 51.7 Å². The molecule has 2 heterocycles. The van der Waals surface area contributed by atoms with Crippen molar-refractivity contribution in [3.05, 3.63) is 102 Å². The Kier molecular flexibility index (Phi) is 15.5. The molecule has 0 amide bonds. The van der Waals surface area contributed by atoms with Gasteiger partial charge in [-0.1, -0.05) is 48.5 Å². The van der Waals surface area contributed by atoms with Gasteiger partial charge in [0, 0.05) is 80.1 Å². The second kappa shape index (κ2) is 20.6. The van der Waals surface area contributed by atoms with E-state index in [4.69, 9.17) is 23.7 Å². The molecule has 6 rings (SSSR count). The molecule has 0 saturated heterocycles. The highest BCUT2D eigenvalue weighted by Crippen LogP contribution is 2.53. The Hall–Kier alpha value is -4.47. The van der Waals surface area contributed by atoms with E-state index in [-0.39, 0.29) is 11.3 Å². The molecule has 1 unspecified atom stereocenters. The molecule has 0 aromatic heterocycles. The molecule has 0 fully saturated rings. The van der Waals surface area contributed by atoms with Gasteiger partial charge in [0.1, 0.15) is 11.4 Å². The van der Waals surface area contributed by atoms with Crippen molar-refractivity contribution in [3.8, 4) is 0 Å². The van der Waals surface area contributed by atoms with Gasteiger partial charge in [-0.05, 0) is 86.0 Å². The van der Waals surface area contributed by atoms with E-state index in [1.54, 1.807) is 26.4 Å². The first-order chi connectivity index (χ1) is 29.3. The fraction of sp³-hybridized carbons (Fsp3) is 0.458. The van der Waals surface area contributed by atoms with Gasteiger partial charge in [-0.25, -0.2) is 0 Å². The van der Waals surface area contributed by atoms with E-state index in [1.807, 2.05) is 12.1 Å². The molecular weight excluding hydrogens is 797 g/mol. The highest BCUT2D eigenvalue weighted by atomic mass is 32.2. The molecule has 1 atom stereocenters. The summed E-state index contributed by atoms with van der Waals surface area (Å²) in [5.74, 6) is -0.804. The first-order valence-electron chi connectivity index (χ1n) is 21.1. The third kappa shape index (κ3) is 10.3. The first kappa shape index (κ1) is 46.0. The van der Waals surface area contributed by atoms with Crippen LogP contribution in [0.2, 0.25) is 0 Å². The maximum Gasteiger partial charge on any atom is 0.303 e. The fourth-order valence-corrected chi connectivity index (χ4v) is 9.75. The number of unbranched alkanes of at least 4 members (excludes halogenated alkanes) is 2. The Balaban J connectivity index is 1.36. The molecule has 0 saturated carbocycles. The number of nitrogens with zero attached hydrogens (tertiary/aromatic N) is 2. The number of carboxylic acids is 1. The molecule has 2 N–H and O–H groups in total. The van der Waals surface area contributed by atoms with Gasteiger partial charge in [0.15, 0.2) is 5.71 Å². The lowest BCUT2D eigenvalue weighted by molar-refractivity contribution is -0.438. The largest absolute Gasteiger partial charge is 0.481 e. The lowest BCUT2D eigenvalue weighted by Crippen LogP contribution is -2.32. The van der Waals surface area contributed by atoms with Gasteiger partial charge in [0.25, 0.3) is 10.1 Å². The van der Waals surface area contributed by atoms with Crippen LogP contribution in [0.5, 0.6) is 0 Å². The third-order valence-electron chi connectivity index (χ3n) is 12.0. The minimum atomic E-state index is -4.47. The van der Waals surface area contributed by atoms with Crippen molar-refractivity contribution >= 4 is 54.7 Å². The number of carbonyl (C=O) groups is 1. The van der Waals surface area contributed by atoms with Crippen molar-refractivity contribution in [2.75, 3.05) is 85.1 Å². The van der Waals surface area contributed by atoms with E-state index in [1.165, 1.54) is 22.4 Å². The van der Waals surface area contributed by atoms with E-state index in [9.17, 15) is 22.9 Å². The number of ether oxygens (including phenoxy) is 5. The summed E-state index contributed by atoms with van der Waals surface area (Å²) >= 11 is 0. The topological polar surface area (TPSA) is 144 Å². The summed E-state index contributed by atoms with van der Waals surface area (Å²) in [6, 6.07) is 21.6. The van der Waals surface area contributed by atoms with Gasteiger partial charge >= 0.3 is 5.97 Å². The standard InChI is InChI=1S/C48H60N2O10S/c1-47(2)42(49(25-10-6-7-19-44(51)52)39-23-21-37-38(45(39)47)15-11-16-41(37)61(53,54)55)17-12-18-43-48(3,24-27-58-31-32-60-34-33-59-30-29-57-5)46-36-14-9-8-13-35(36)20-22-40(46)50(43)26-28-56-4/h8-9,11-18,20-23H,6-7,10,19,24-34H2,1-5H3,(H-,51,52,53,54,55)/p+1. The van der Waals surface area contributed by atoms with Crippen LogP contribution in [0.1, 0.15) is 64.0 Å². The Morgan fingerprint density at radius 2 is 1.44 bits per heavy atom. The van der Waals surface area contributed by atoms with E-state index in [0.29, 0.717) is 77.8 Å². The lowest BCUT2D eigenvalue weighted by Gasteiger charge is -2.30. The molecule has 2 aliphatic heterocycles. The number of methoxy groups -OCH3 is 2. The number of carboxylic acid groups (broad SMARTS) is 1. The monoisotopic (exact) mass is 857 g/mol. The van der Waals surface area contributed by atoms with Crippen LogP contribution in [-0.2, 0) is 49.4 Å². The van der Waals surface area contributed by atoms with Crippen LogP contribution in [0.3, 0.4) is 0 Å². The van der Waals surface area contributed by atoms with Crippen LogP contribution in [0, 0.1) is 0 Å². The normalized spacial score (nSPS) is 18.0. The van der Waals surface area contributed by atoms with Crippen molar-refractivity contribution < 1.29 is 51.1 Å². The molecule has 0 radical (unpaired) electrons. The third-order valence-corrected chi connectivity index (χ3v) is 12.9. The van der Waals surface area contributed by atoms with E-state index in [2.05, 4.69) is 84.9 Å². The second-order valence-corrected chi connectivity index (χ2v) is 17.7. The zero-order valence-electron chi connectivity index (χ0n) is 36.2. The SMILES string of the molecule is COCCOCCOCCOCCC1(C)/C(=C\C=C\C2=[N+](CCCCCC(=O)O)c3ccc4c(S(=O)(=O)O)cccc4c3C2(C)C)N(CCOC)c2ccc3ccccc3c21. The molecule has 4 aromatic rings. The van der Waals surface area contributed by atoms with Gasteiger partial charge in [-0.2, -0.15) is 13.0 Å². The lowest BCUT2D eigenvalue weighted by atomic mass is 9.76. The smallest absolute Gasteiger partial charge is 0.303 e. The predicted octanol–water partition coefficient (Wildman–Crippen LogP) is 8.21. The van der Waals surface area contributed by atoms with Crippen molar-refractivity contribution in [2.24, 2.45) is 0 Å². The molecular formula is C48H61N2O10S+. The number of fused-ring (bicyclic) bond motifs is 6. The van der Waals surface area contributed by atoms with Crippen LogP contribution in [-0.4, -0.2) is 114 Å². The molecule has 0 spiro atoms. The van der Waals surface area contributed by atoms with Crippen molar-refractivity contribution in [1.29, 1.82) is 0 Å². The van der Waals surface area contributed by atoms with Crippen LogP contribution >= 0.6 is 0 Å². The number of allylic oxidation sites excluding steroid dienone is 4. The highest BCUT2D eigenvalue weighted by molar-refractivity contribution is 7.86. The summed E-state index contributed by atoms with van der Waals surface area (Å²) in [6.07, 6.45) is 9.42. The number of hydrogen-bond acceptors (Lipinski definition) is 9. The van der Waals surface area contributed by atoms with Crippen molar-refractivity contribution in [1.82, 2.24) is 0 Å². The van der Waals surface area contributed by atoms with Gasteiger partial charge in [-0.3, -0.25) is 9.35 Å². The maximum atomic E-state index is 12.5. The predicted molar refractivity (Wildman–Crippen MR) is 239 cm³/mol. The maximum absolute atomic E-state index is 12.5. The molecule has 328 valence electrons. The van der Waals surface area contributed by atoms with E-state index in [0.717, 1.165) is 53.0 Å². The number of anilines is 1. The molecule has 12 nitrogen and oxygen atoms in total.